The van der Waals surface area contributed by atoms with E-state index in [0.717, 1.165) is 11.1 Å². The van der Waals surface area contributed by atoms with E-state index in [2.05, 4.69) is 5.32 Å². The number of aromatic nitrogens is 2. The lowest BCUT2D eigenvalue weighted by Gasteiger charge is -2.14. The van der Waals surface area contributed by atoms with Gasteiger partial charge in [-0.15, -0.1) is 0 Å². The van der Waals surface area contributed by atoms with Crippen LogP contribution in [-0.4, -0.2) is 35.3 Å². The number of rotatable bonds is 8. The van der Waals surface area contributed by atoms with Crippen LogP contribution in [0.15, 0.2) is 88.5 Å². The number of methoxy groups -OCH3 is 1. The second-order valence-corrected chi connectivity index (χ2v) is 7.70. The zero-order valence-electron chi connectivity index (χ0n) is 18.4. The third-order valence-electron chi connectivity index (χ3n) is 5.42. The molecule has 0 bridgehead atoms. The average Bonchev–Trinajstić information content (AvgIpc) is 2.84. The van der Waals surface area contributed by atoms with E-state index in [1.165, 1.54) is 4.57 Å². The van der Waals surface area contributed by atoms with Crippen LogP contribution >= 0.6 is 0 Å². The number of nitrogens with one attached hydrogen (secondary N) is 1. The highest BCUT2D eigenvalue weighted by Gasteiger charge is 2.15. The second-order valence-electron chi connectivity index (χ2n) is 7.70. The molecule has 1 N–H and O–H groups in total. The molecule has 4 rings (SSSR count). The maximum absolute atomic E-state index is 13.5. The van der Waals surface area contributed by atoms with E-state index >= 15 is 0 Å². The van der Waals surface area contributed by atoms with Crippen LogP contribution in [0.4, 0.5) is 0 Å². The molecule has 0 atom stereocenters. The Hall–Kier alpha value is -3.97. The summed E-state index contributed by atoms with van der Waals surface area (Å²) in [5.74, 6) is -0.118. The summed E-state index contributed by atoms with van der Waals surface area (Å²) in [5, 5.41) is 3.24. The van der Waals surface area contributed by atoms with Gasteiger partial charge < -0.3 is 10.1 Å². The fourth-order valence-corrected chi connectivity index (χ4v) is 3.77. The molecule has 0 saturated heterocycles. The predicted octanol–water partition coefficient (Wildman–Crippen LogP) is 2.51. The van der Waals surface area contributed by atoms with Crippen molar-refractivity contribution in [1.29, 1.82) is 0 Å². The fraction of sp³-hybridized carbons (Fsp3) is 0.192. The van der Waals surface area contributed by atoms with E-state index in [0.29, 0.717) is 36.3 Å². The molecule has 1 amide bonds. The number of para-hydroxylation sites is 1. The Labute approximate surface area is 190 Å². The molecular weight excluding hydrogens is 418 g/mol. The highest BCUT2D eigenvalue weighted by atomic mass is 16.5. The van der Waals surface area contributed by atoms with Crippen molar-refractivity contribution in [2.24, 2.45) is 0 Å². The summed E-state index contributed by atoms with van der Waals surface area (Å²) in [6, 6.07) is 23.7. The van der Waals surface area contributed by atoms with Crippen molar-refractivity contribution in [2.75, 3.05) is 20.3 Å². The van der Waals surface area contributed by atoms with Gasteiger partial charge in [-0.05, 0) is 35.4 Å². The molecule has 0 spiro atoms. The van der Waals surface area contributed by atoms with Gasteiger partial charge in [0, 0.05) is 13.7 Å². The monoisotopic (exact) mass is 443 g/mol. The van der Waals surface area contributed by atoms with Crippen LogP contribution in [0.2, 0.25) is 0 Å². The Morgan fingerprint density at radius 1 is 0.879 bits per heavy atom. The maximum atomic E-state index is 13.5. The predicted molar refractivity (Wildman–Crippen MR) is 128 cm³/mol. The van der Waals surface area contributed by atoms with E-state index < -0.39 is 5.69 Å². The first-order valence-electron chi connectivity index (χ1n) is 10.7. The molecule has 4 aromatic rings. The first kappa shape index (κ1) is 22.2. The number of ether oxygens (including phenoxy) is 1. The number of benzene rings is 3. The zero-order valence-corrected chi connectivity index (χ0v) is 18.4. The number of hydrogen-bond donors (Lipinski definition) is 1. The summed E-state index contributed by atoms with van der Waals surface area (Å²) in [6.07, 6.45) is 0.203. The number of hydrogen-bond acceptors (Lipinski definition) is 4. The Balaban J connectivity index is 1.71. The molecule has 0 aliphatic heterocycles. The fourth-order valence-electron chi connectivity index (χ4n) is 3.77. The smallest absolute Gasteiger partial charge is 0.336 e. The van der Waals surface area contributed by atoms with Gasteiger partial charge in [0.05, 0.1) is 36.2 Å². The molecular formula is C26H25N3O4. The highest BCUT2D eigenvalue weighted by Crippen LogP contribution is 2.13. The van der Waals surface area contributed by atoms with Gasteiger partial charge in [-0.2, -0.15) is 0 Å². The zero-order chi connectivity index (χ0) is 23.2. The Kier molecular flexibility index (Phi) is 6.80. The van der Waals surface area contributed by atoms with Crippen molar-refractivity contribution in [3.63, 3.8) is 0 Å². The van der Waals surface area contributed by atoms with Crippen molar-refractivity contribution in [3.8, 4) is 5.69 Å². The summed E-state index contributed by atoms with van der Waals surface area (Å²) < 4.78 is 7.73. The second kappa shape index (κ2) is 10.1. The lowest BCUT2D eigenvalue weighted by molar-refractivity contribution is -0.120. The van der Waals surface area contributed by atoms with Crippen molar-refractivity contribution in [3.05, 3.63) is 111 Å². The molecule has 0 fully saturated rings. The van der Waals surface area contributed by atoms with Gasteiger partial charge in [0.2, 0.25) is 5.91 Å². The van der Waals surface area contributed by atoms with Crippen LogP contribution in [0, 0.1) is 0 Å². The third kappa shape index (κ3) is 4.94. The lowest BCUT2D eigenvalue weighted by Crippen LogP contribution is -2.39. The van der Waals surface area contributed by atoms with Crippen molar-refractivity contribution in [2.45, 2.75) is 13.0 Å². The van der Waals surface area contributed by atoms with Crippen LogP contribution in [-0.2, 0) is 22.5 Å². The molecule has 0 aliphatic carbocycles. The molecule has 0 radical (unpaired) electrons. The number of fused-ring (bicyclic) bond motifs is 1. The summed E-state index contributed by atoms with van der Waals surface area (Å²) in [4.78, 5) is 38.7. The standard InChI is InChI=1S/C26H25N3O4/c1-33-16-15-27-24(30)17-19-11-13-21(14-12-19)29-25(31)22-9-5-6-10-23(22)28(26(29)32)18-20-7-3-2-4-8-20/h2-14H,15-18H2,1H3,(H,27,30). The van der Waals surface area contributed by atoms with Gasteiger partial charge in [0.15, 0.2) is 0 Å². The van der Waals surface area contributed by atoms with E-state index in [4.69, 9.17) is 4.74 Å². The van der Waals surface area contributed by atoms with Gasteiger partial charge in [-0.25, -0.2) is 9.36 Å². The Bertz CT molecular complexity index is 1370. The molecule has 0 saturated carbocycles. The first-order valence-corrected chi connectivity index (χ1v) is 10.7. The topological polar surface area (TPSA) is 82.3 Å². The molecule has 0 unspecified atom stereocenters. The van der Waals surface area contributed by atoms with Gasteiger partial charge in [-0.3, -0.25) is 14.2 Å². The number of amides is 1. The van der Waals surface area contributed by atoms with Crippen molar-refractivity contribution < 1.29 is 9.53 Å². The normalized spacial score (nSPS) is 10.9. The molecule has 33 heavy (non-hydrogen) atoms. The molecule has 7 heteroatoms. The van der Waals surface area contributed by atoms with Crippen molar-refractivity contribution in [1.82, 2.24) is 14.5 Å². The highest BCUT2D eigenvalue weighted by molar-refractivity contribution is 5.79. The minimum atomic E-state index is -0.410. The van der Waals surface area contributed by atoms with Crippen molar-refractivity contribution >= 4 is 16.8 Å². The number of carbonyl (C=O) groups is 1. The summed E-state index contributed by atoms with van der Waals surface area (Å²) >= 11 is 0. The maximum Gasteiger partial charge on any atom is 0.336 e. The lowest BCUT2D eigenvalue weighted by atomic mass is 10.1. The average molecular weight is 444 g/mol. The van der Waals surface area contributed by atoms with Gasteiger partial charge in [0.25, 0.3) is 5.56 Å². The molecule has 1 aromatic heterocycles. The molecule has 168 valence electrons. The summed E-state index contributed by atoms with van der Waals surface area (Å²) in [6.45, 7) is 1.24. The minimum Gasteiger partial charge on any atom is -0.383 e. The Morgan fingerprint density at radius 3 is 2.30 bits per heavy atom. The first-order chi connectivity index (χ1) is 16.1. The van der Waals surface area contributed by atoms with E-state index in [-0.39, 0.29) is 17.9 Å². The largest absolute Gasteiger partial charge is 0.383 e. The van der Waals surface area contributed by atoms with E-state index in [1.54, 1.807) is 54.1 Å². The van der Waals surface area contributed by atoms with Crippen LogP contribution in [0.3, 0.4) is 0 Å². The van der Waals surface area contributed by atoms with E-state index in [1.807, 2.05) is 36.4 Å². The number of carbonyl (C=O) groups excluding carboxylic acids is 1. The number of nitrogens with zero attached hydrogens (tertiary/aromatic N) is 2. The molecule has 1 heterocycles. The van der Waals surface area contributed by atoms with E-state index in [9.17, 15) is 14.4 Å². The van der Waals surface area contributed by atoms with Crippen LogP contribution in [0.25, 0.3) is 16.6 Å². The molecule has 3 aromatic carbocycles. The van der Waals surface area contributed by atoms with Crippen LogP contribution in [0.5, 0.6) is 0 Å². The van der Waals surface area contributed by atoms with Gasteiger partial charge in [0.1, 0.15) is 0 Å². The Morgan fingerprint density at radius 2 is 1.58 bits per heavy atom. The minimum absolute atomic E-state index is 0.118. The molecule has 0 aliphatic rings. The quantitative estimate of drug-likeness (QED) is 0.424. The summed E-state index contributed by atoms with van der Waals surface area (Å²) in [5.41, 5.74) is 2.02. The van der Waals surface area contributed by atoms with Crippen LogP contribution < -0.4 is 16.6 Å². The van der Waals surface area contributed by atoms with Crippen LogP contribution in [0.1, 0.15) is 11.1 Å². The molecule has 7 nitrogen and oxygen atoms in total. The third-order valence-corrected chi connectivity index (χ3v) is 5.42. The van der Waals surface area contributed by atoms with Gasteiger partial charge in [-0.1, -0.05) is 54.6 Å². The summed E-state index contributed by atoms with van der Waals surface area (Å²) in [7, 11) is 1.58. The SMILES string of the molecule is COCCNC(=O)Cc1ccc(-n2c(=O)c3ccccc3n(Cc3ccccc3)c2=O)cc1. The van der Waals surface area contributed by atoms with Gasteiger partial charge >= 0.3 is 5.69 Å².